The van der Waals surface area contributed by atoms with Gasteiger partial charge >= 0.3 is 5.69 Å². The zero-order chi connectivity index (χ0) is 14.8. The Kier molecular flexibility index (Phi) is 3.15. The highest BCUT2D eigenvalue weighted by Crippen LogP contribution is 2.33. The van der Waals surface area contributed by atoms with Crippen molar-refractivity contribution in [2.24, 2.45) is 0 Å². The maximum absolute atomic E-state index is 11.2. The number of pyridine rings is 1. The molecule has 0 aliphatic carbocycles. The van der Waals surface area contributed by atoms with Crippen LogP contribution >= 0.6 is 0 Å². The number of nitro groups is 1. The molecule has 0 saturated heterocycles. The normalized spacial score (nSPS) is 10.5. The summed E-state index contributed by atoms with van der Waals surface area (Å²) in [5.74, 6) is 0.330. The molecule has 7 heteroatoms. The van der Waals surface area contributed by atoms with Crippen molar-refractivity contribution in [2.75, 3.05) is 12.4 Å². The average Bonchev–Trinajstić information content (AvgIpc) is 2.53. The molecule has 21 heavy (non-hydrogen) atoms. The van der Waals surface area contributed by atoms with Crippen LogP contribution in [0.15, 0.2) is 42.9 Å². The Balaban J connectivity index is 2.34. The second kappa shape index (κ2) is 5.12. The highest BCUT2D eigenvalue weighted by molar-refractivity contribution is 5.97. The van der Waals surface area contributed by atoms with Gasteiger partial charge < -0.3 is 5.32 Å². The largest absolute Gasteiger partial charge is 0.357 e. The Morgan fingerprint density at radius 2 is 2.10 bits per heavy atom. The van der Waals surface area contributed by atoms with Crippen molar-refractivity contribution in [1.82, 2.24) is 15.0 Å². The molecule has 0 aliphatic rings. The van der Waals surface area contributed by atoms with Gasteiger partial charge in [0.1, 0.15) is 6.20 Å². The molecule has 2 heterocycles. The van der Waals surface area contributed by atoms with Gasteiger partial charge in [0.05, 0.1) is 4.92 Å². The van der Waals surface area contributed by atoms with E-state index >= 15 is 0 Å². The number of fused-ring (bicyclic) bond motifs is 1. The number of aromatic nitrogens is 3. The Morgan fingerprint density at radius 1 is 1.24 bits per heavy atom. The standard InChI is InChI=1S/C14H11N5O2/c1-15-14-17-8-12(19(20)21)13(18-14)10-4-2-3-9-5-6-16-7-11(9)10/h2-8H,1H3,(H,15,17,18). The second-order valence-corrected chi connectivity index (χ2v) is 4.34. The van der Waals surface area contributed by atoms with Crippen LogP contribution < -0.4 is 5.32 Å². The first-order valence-electron chi connectivity index (χ1n) is 6.23. The summed E-state index contributed by atoms with van der Waals surface area (Å²) in [6, 6.07) is 7.40. The number of hydrogen-bond acceptors (Lipinski definition) is 6. The van der Waals surface area contributed by atoms with Crippen LogP contribution in [0.25, 0.3) is 22.0 Å². The van der Waals surface area contributed by atoms with E-state index in [2.05, 4.69) is 20.3 Å². The van der Waals surface area contributed by atoms with Gasteiger partial charge in [0.15, 0.2) is 5.69 Å². The minimum absolute atomic E-state index is 0.134. The molecule has 0 aliphatic heterocycles. The van der Waals surface area contributed by atoms with Crippen LogP contribution in [0.5, 0.6) is 0 Å². The Labute approximate surface area is 119 Å². The van der Waals surface area contributed by atoms with E-state index < -0.39 is 4.92 Å². The third-order valence-electron chi connectivity index (χ3n) is 3.13. The highest BCUT2D eigenvalue weighted by Gasteiger charge is 2.20. The summed E-state index contributed by atoms with van der Waals surface area (Å²) in [5, 5.41) is 15.8. The van der Waals surface area contributed by atoms with Gasteiger partial charge in [-0.15, -0.1) is 0 Å². The molecular weight excluding hydrogens is 270 g/mol. The van der Waals surface area contributed by atoms with Crippen molar-refractivity contribution in [3.8, 4) is 11.3 Å². The summed E-state index contributed by atoms with van der Waals surface area (Å²) in [7, 11) is 1.66. The van der Waals surface area contributed by atoms with Gasteiger partial charge in [-0.25, -0.2) is 9.97 Å². The second-order valence-electron chi connectivity index (χ2n) is 4.34. The van der Waals surface area contributed by atoms with Crippen molar-refractivity contribution in [2.45, 2.75) is 0 Å². The highest BCUT2D eigenvalue weighted by atomic mass is 16.6. The maximum atomic E-state index is 11.2. The number of nitrogens with zero attached hydrogens (tertiary/aromatic N) is 4. The van der Waals surface area contributed by atoms with E-state index in [-0.39, 0.29) is 11.4 Å². The van der Waals surface area contributed by atoms with Crippen LogP contribution in [0.2, 0.25) is 0 Å². The van der Waals surface area contributed by atoms with Crippen molar-refractivity contribution in [3.05, 3.63) is 53.0 Å². The van der Waals surface area contributed by atoms with Gasteiger partial charge in [0.2, 0.25) is 5.95 Å². The molecule has 0 atom stereocenters. The molecule has 0 spiro atoms. The van der Waals surface area contributed by atoms with Crippen LogP contribution in [0, 0.1) is 10.1 Å². The first-order chi connectivity index (χ1) is 10.2. The van der Waals surface area contributed by atoms with Crippen LogP contribution in [0.3, 0.4) is 0 Å². The maximum Gasteiger partial charge on any atom is 0.313 e. The van der Waals surface area contributed by atoms with Crippen LogP contribution in [0.1, 0.15) is 0 Å². The molecule has 1 aromatic carbocycles. The van der Waals surface area contributed by atoms with Gasteiger partial charge in [0, 0.05) is 30.4 Å². The molecule has 3 rings (SSSR count). The van der Waals surface area contributed by atoms with Gasteiger partial charge in [-0.05, 0) is 11.5 Å². The zero-order valence-electron chi connectivity index (χ0n) is 11.1. The molecular formula is C14H11N5O2. The lowest BCUT2D eigenvalue weighted by atomic mass is 10.0. The van der Waals surface area contributed by atoms with E-state index in [1.54, 1.807) is 25.5 Å². The number of rotatable bonds is 3. The molecule has 1 N–H and O–H groups in total. The number of anilines is 1. The monoisotopic (exact) mass is 281 g/mol. The fraction of sp³-hybridized carbons (Fsp3) is 0.0714. The van der Waals surface area contributed by atoms with E-state index in [9.17, 15) is 10.1 Å². The molecule has 0 radical (unpaired) electrons. The molecule has 0 bridgehead atoms. The smallest absolute Gasteiger partial charge is 0.313 e. The molecule has 2 aromatic heterocycles. The minimum atomic E-state index is -0.482. The van der Waals surface area contributed by atoms with E-state index in [0.29, 0.717) is 11.5 Å². The summed E-state index contributed by atoms with van der Waals surface area (Å²) >= 11 is 0. The van der Waals surface area contributed by atoms with Crippen LogP contribution in [-0.2, 0) is 0 Å². The molecule has 0 amide bonds. The first kappa shape index (κ1) is 12.9. The molecule has 3 aromatic rings. The average molecular weight is 281 g/mol. The Hall–Kier alpha value is -3.09. The summed E-state index contributed by atoms with van der Waals surface area (Å²) in [5.41, 5.74) is 0.800. The van der Waals surface area contributed by atoms with Gasteiger partial charge in [-0.2, -0.15) is 0 Å². The lowest BCUT2D eigenvalue weighted by Gasteiger charge is -2.07. The summed E-state index contributed by atoms with van der Waals surface area (Å²) in [4.78, 5) is 23.0. The van der Waals surface area contributed by atoms with Crippen LogP contribution in [0.4, 0.5) is 11.6 Å². The molecule has 0 fully saturated rings. The third-order valence-corrected chi connectivity index (χ3v) is 3.13. The Bertz CT molecular complexity index is 829. The first-order valence-corrected chi connectivity index (χ1v) is 6.23. The number of benzene rings is 1. The number of hydrogen-bond donors (Lipinski definition) is 1. The SMILES string of the molecule is CNc1ncc([N+](=O)[O-])c(-c2cccc3ccncc23)n1. The molecule has 7 nitrogen and oxygen atoms in total. The summed E-state index contributed by atoms with van der Waals surface area (Å²) in [6.07, 6.45) is 4.57. The summed E-state index contributed by atoms with van der Waals surface area (Å²) < 4.78 is 0. The van der Waals surface area contributed by atoms with Crippen molar-refractivity contribution >= 4 is 22.4 Å². The molecule has 104 valence electrons. The van der Waals surface area contributed by atoms with E-state index in [4.69, 9.17) is 0 Å². The molecule has 0 saturated carbocycles. The van der Waals surface area contributed by atoms with Crippen molar-refractivity contribution < 1.29 is 4.92 Å². The van der Waals surface area contributed by atoms with Crippen molar-refractivity contribution in [3.63, 3.8) is 0 Å². The summed E-state index contributed by atoms with van der Waals surface area (Å²) in [6.45, 7) is 0. The lowest BCUT2D eigenvalue weighted by molar-refractivity contribution is -0.384. The van der Waals surface area contributed by atoms with Gasteiger partial charge in [-0.1, -0.05) is 18.2 Å². The minimum Gasteiger partial charge on any atom is -0.357 e. The van der Waals surface area contributed by atoms with E-state index in [1.165, 1.54) is 6.20 Å². The Morgan fingerprint density at radius 3 is 2.86 bits per heavy atom. The number of nitrogens with one attached hydrogen (secondary N) is 1. The van der Waals surface area contributed by atoms with Crippen molar-refractivity contribution in [1.29, 1.82) is 0 Å². The predicted molar refractivity (Wildman–Crippen MR) is 79.0 cm³/mol. The fourth-order valence-corrected chi connectivity index (χ4v) is 2.15. The van der Waals surface area contributed by atoms with E-state index in [0.717, 1.165) is 10.8 Å². The predicted octanol–water partition coefficient (Wildman–Crippen LogP) is 2.64. The quantitative estimate of drug-likeness (QED) is 0.586. The lowest BCUT2D eigenvalue weighted by Crippen LogP contribution is -2.02. The van der Waals surface area contributed by atoms with Gasteiger partial charge in [0.25, 0.3) is 0 Å². The third kappa shape index (κ3) is 2.25. The van der Waals surface area contributed by atoms with E-state index in [1.807, 2.05) is 18.2 Å². The molecule has 0 unspecified atom stereocenters. The fourth-order valence-electron chi connectivity index (χ4n) is 2.15. The van der Waals surface area contributed by atoms with Gasteiger partial charge in [-0.3, -0.25) is 15.1 Å². The zero-order valence-corrected chi connectivity index (χ0v) is 11.1. The topological polar surface area (TPSA) is 93.8 Å². The van der Waals surface area contributed by atoms with Crippen LogP contribution in [-0.4, -0.2) is 26.9 Å².